The third-order valence-corrected chi connectivity index (χ3v) is 4.26. The molecule has 0 amide bonds. The van der Waals surface area contributed by atoms with Crippen molar-refractivity contribution >= 4 is 84.6 Å². The first-order chi connectivity index (χ1) is 11.7. The largest absolute Gasteiger partial charge is 0.392 e. The zero-order valence-electron chi connectivity index (χ0n) is 15.5. The van der Waals surface area contributed by atoms with Crippen LogP contribution in [0.3, 0.4) is 0 Å². The number of esters is 4. The maximum atomic E-state index is 11.7. The van der Waals surface area contributed by atoms with Gasteiger partial charge in [-0.15, -0.1) is 37.2 Å². The summed E-state index contributed by atoms with van der Waals surface area (Å²) in [5.74, 6) is -2.68. The van der Waals surface area contributed by atoms with Crippen LogP contribution in [0.2, 0.25) is 0 Å². The van der Waals surface area contributed by atoms with Crippen molar-refractivity contribution in [3.05, 3.63) is 0 Å². The first-order valence-corrected chi connectivity index (χ1v) is 10.3. The van der Waals surface area contributed by atoms with E-state index in [0.717, 1.165) is 0 Å². The molecule has 0 radical (unpaired) electrons. The number of hydrogen-bond donors (Lipinski definition) is 3. The second kappa shape index (κ2) is 20.0. The number of carbonyl (C=O) groups excluding carboxylic acids is 4. The van der Waals surface area contributed by atoms with Gasteiger partial charge in [-0.2, -0.15) is 23.5 Å². The first kappa shape index (κ1) is 35.2. The SMILES string of the molecule is CSCC[C@H](N)C(=O)OC(=O)C[C@H](N)C(=O)OC(=O)[C@@H](N)CCSC.Cl.Cl.Cl. The minimum absolute atomic E-state index is 0. The topological polar surface area (TPSA) is 165 Å². The lowest BCUT2D eigenvalue weighted by Crippen LogP contribution is -2.41. The van der Waals surface area contributed by atoms with Gasteiger partial charge >= 0.3 is 23.9 Å². The molecule has 0 aliphatic rings. The number of nitrogens with two attached hydrogens (primary N) is 3. The third-order valence-electron chi connectivity index (χ3n) is 2.98. The van der Waals surface area contributed by atoms with Crippen molar-refractivity contribution in [2.75, 3.05) is 24.0 Å². The van der Waals surface area contributed by atoms with E-state index in [2.05, 4.69) is 9.47 Å². The number of thioether (sulfide) groups is 2. The van der Waals surface area contributed by atoms with E-state index in [4.69, 9.17) is 17.2 Å². The Kier molecular flexibility index (Phi) is 25.2. The van der Waals surface area contributed by atoms with Gasteiger partial charge in [-0.3, -0.25) is 4.79 Å². The molecule has 6 N–H and O–H groups in total. The number of ether oxygens (including phenoxy) is 2. The monoisotopic (exact) mass is 503 g/mol. The van der Waals surface area contributed by atoms with Crippen LogP contribution >= 0.6 is 60.7 Å². The van der Waals surface area contributed by atoms with Crippen molar-refractivity contribution in [2.45, 2.75) is 37.4 Å². The van der Waals surface area contributed by atoms with E-state index in [1.165, 1.54) is 23.5 Å². The summed E-state index contributed by atoms with van der Waals surface area (Å²) in [6.45, 7) is 0. The lowest BCUT2D eigenvalue weighted by molar-refractivity contribution is -0.166. The first-order valence-electron chi connectivity index (χ1n) is 7.47. The zero-order chi connectivity index (χ0) is 19.4. The van der Waals surface area contributed by atoms with E-state index in [1.807, 2.05) is 12.5 Å². The zero-order valence-corrected chi connectivity index (χ0v) is 19.6. The Hall–Kier alpha value is -0.270. The molecule has 9 nitrogen and oxygen atoms in total. The molecule has 0 aliphatic heterocycles. The summed E-state index contributed by atoms with van der Waals surface area (Å²) in [6.07, 6.45) is 3.77. The van der Waals surface area contributed by atoms with E-state index in [-0.39, 0.29) is 37.2 Å². The highest BCUT2D eigenvalue weighted by Gasteiger charge is 2.27. The Morgan fingerprint density at radius 2 is 1.07 bits per heavy atom. The van der Waals surface area contributed by atoms with Gasteiger partial charge in [-0.1, -0.05) is 0 Å². The Labute approximate surface area is 191 Å². The van der Waals surface area contributed by atoms with Crippen LogP contribution in [-0.4, -0.2) is 66.0 Å². The summed E-state index contributed by atoms with van der Waals surface area (Å²) in [4.78, 5) is 46.4. The Morgan fingerprint density at radius 3 is 1.46 bits per heavy atom. The molecule has 14 heteroatoms. The van der Waals surface area contributed by atoms with Crippen molar-refractivity contribution in [3.8, 4) is 0 Å². The molecule has 0 aliphatic carbocycles. The molecule has 0 spiro atoms. The molecule has 168 valence electrons. The predicted molar refractivity (Wildman–Crippen MR) is 118 cm³/mol. The molecule has 0 aromatic heterocycles. The van der Waals surface area contributed by atoms with Crippen molar-refractivity contribution in [3.63, 3.8) is 0 Å². The van der Waals surface area contributed by atoms with Gasteiger partial charge < -0.3 is 26.7 Å². The van der Waals surface area contributed by atoms with Crippen LogP contribution in [0.25, 0.3) is 0 Å². The summed E-state index contributed by atoms with van der Waals surface area (Å²) >= 11 is 2.99. The lowest BCUT2D eigenvalue weighted by atomic mass is 10.2. The molecule has 0 rings (SSSR count). The van der Waals surface area contributed by atoms with Crippen LogP contribution < -0.4 is 17.2 Å². The van der Waals surface area contributed by atoms with Crippen LogP contribution in [0.1, 0.15) is 19.3 Å². The average Bonchev–Trinajstić information content (AvgIpc) is 2.56. The standard InChI is InChI=1S/C14H25N3O6S2.3ClH/c1-24-5-3-8(15)12(19)22-11(18)7-10(17)14(21)23-13(20)9(16)4-6-25-2;;;/h8-10H,3-7,15-17H2,1-2H3;3*1H/t8-,9-,10-;;;/m0.../s1. The minimum atomic E-state index is -1.44. The normalized spacial score (nSPS) is 12.8. The number of halogens is 3. The summed E-state index contributed by atoms with van der Waals surface area (Å²) in [5.41, 5.74) is 16.6. The van der Waals surface area contributed by atoms with Gasteiger partial charge in [0.1, 0.15) is 18.1 Å². The molecule has 0 saturated heterocycles. The third kappa shape index (κ3) is 15.6. The molecule has 0 bridgehead atoms. The summed E-state index contributed by atoms with van der Waals surface area (Å²) < 4.78 is 9.04. The second-order valence-corrected chi connectivity index (χ2v) is 7.09. The highest BCUT2D eigenvalue weighted by atomic mass is 35.5. The Bertz CT molecular complexity index is 491. The van der Waals surface area contributed by atoms with Crippen molar-refractivity contribution in [2.24, 2.45) is 17.2 Å². The van der Waals surface area contributed by atoms with Gasteiger partial charge in [-0.25, -0.2) is 14.4 Å². The molecule has 28 heavy (non-hydrogen) atoms. The van der Waals surface area contributed by atoms with Crippen molar-refractivity contribution in [1.29, 1.82) is 0 Å². The second-order valence-electron chi connectivity index (χ2n) is 5.12. The quantitative estimate of drug-likeness (QED) is 0.261. The van der Waals surface area contributed by atoms with Gasteiger partial charge in [0.15, 0.2) is 0 Å². The van der Waals surface area contributed by atoms with E-state index in [1.54, 1.807) is 0 Å². The fraction of sp³-hybridized carbons (Fsp3) is 0.714. The van der Waals surface area contributed by atoms with Crippen LogP contribution in [0.5, 0.6) is 0 Å². The maximum Gasteiger partial charge on any atom is 0.331 e. The van der Waals surface area contributed by atoms with Crippen LogP contribution in [0.15, 0.2) is 0 Å². The van der Waals surface area contributed by atoms with E-state index in [0.29, 0.717) is 24.3 Å². The van der Waals surface area contributed by atoms with E-state index in [9.17, 15) is 19.2 Å². The minimum Gasteiger partial charge on any atom is -0.392 e. The van der Waals surface area contributed by atoms with E-state index >= 15 is 0 Å². The lowest BCUT2D eigenvalue weighted by Gasteiger charge is -2.13. The number of hydrogen-bond acceptors (Lipinski definition) is 11. The fourth-order valence-electron chi connectivity index (χ4n) is 1.47. The summed E-state index contributed by atoms with van der Waals surface area (Å²) in [7, 11) is 0. The summed E-state index contributed by atoms with van der Waals surface area (Å²) in [5, 5.41) is 0. The van der Waals surface area contributed by atoms with Crippen LogP contribution in [0.4, 0.5) is 0 Å². The Balaban J connectivity index is -0.000000960. The molecule has 0 heterocycles. The molecule has 0 aromatic carbocycles. The predicted octanol–water partition coefficient (Wildman–Crippen LogP) is 0.270. The van der Waals surface area contributed by atoms with Gasteiger partial charge in [0.25, 0.3) is 0 Å². The van der Waals surface area contributed by atoms with Crippen LogP contribution in [0, 0.1) is 0 Å². The van der Waals surface area contributed by atoms with Gasteiger partial charge in [0.05, 0.1) is 6.42 Å². The highest BCUT2D eigenvalue weighted by Crippen LogP contribution is 2.04. The van der Waals surface area contributed by atoms with Gasteiger partial charge in [0.2, 0.25) is 0 Å². The molecule has 0 aromatic rings. The van der Waals surface area contributed by atoms with Crippen molar-refractivity contribution in [1.82, 2.24) is 0 Å². The maximum absolute atomic E-state index is 11.7. The van der Waals surface area contributed by atoms with Gasteiger partial charge in [-0.05, 0) is 36.9 Å². The fourth-order valence-corrected chi connectivity index (χ4v) is 2.45. The van der Waals surface area contributed by atoms with Gasteiger partial charge in [0, 0.05) is 0 Å². The highest BCUT2D eigenvalue weighted by molar-refractivity contribution is 7.98. The molecular formula is C14H28Cl3N3O6S2. The molecule has 0 saturated carbocycles. The number of rotatable bonds is 11. The molecule has 0 fully saturated rings. The van der Waals surface area contributed by atoms with E-state index < -0.39 is 48.4 Å². The number of carbonyl (C=O) groups is 4. The molecule has 0 unspecified atom stereocenters. The molecule has 3 atom stereocenters. The Morgan fingerprint density at radius 1 is 0.714 bits per heavy atom. The average molecular weight is 505 g/mol. The smallest absolute Gasteiger partial charge is 0.331 e. The molecular weight excluding hydrogens is 477 g/mol. The van der Waals surface area contributed by atoms with Crippen molar-refractivity contribution < 1.29 is 28.7 Å². The van der Waals surface area contributed by atoms with Crippen LogP contribution in [-0.2, 0) is 28.7 Å². The summed E-state index contributed by atoms with van der Waals surface area (Å²) in [6, 6.07) is -3.33.